The number of nitrogens with two attached hydrogens (primary N) is 1. The fourth-order valence-corrected chi connectivity index (χ4v) is 2.21. The second-order valence-electron chi connectivity index (χ2n) is 5.75. The third-order valence-corrected chi connectivity index (χ3v) is 3.89. The first-order valence-electron chi connectivity index (χ1n) is 7.04. The molecule has 1 aromatic carbocycles. The molecule has 1 saturated carbocycles. The normalized spacial score (nSPS) is 14.8. The Morgan fingerprint density at radius 1 is 1.50 bits per heavy atom. The van der Waals surface area contributed by atoms with Gasteiger partial charge >= 0.3 is 0 Å². The van der Waals surface area contributed by atoms with E-state index in [-0.39, 0.29) is 5.91 Å². The molecular formula is C15H22ClN3O. The second kappa shape index (κ2) is 6.46. The Morgan fingerprint density at radius 2 is 2.20 bits per heavy atom. The summed E-state index contributed by atoms with van der Waals surface area (Å²) in [5.41, 5.74) is 6.89. The molecule has 0 aromatic heterocycles. The third-order valence-electron chi connectivity index (χ3n) is 3.55. The Morgan fingerprint density at radius 3 is 2.75 bits per heavy atom. The molecular weight excluding hydrogens is 274 g/mol. The Balaban J connectivity index is 1.90. The molecule has 3 N–H and O–H groups in total. The van der Waals surface area contributed by atoms with Gasteiger partial charge in [0.05, 0.1) is 17.3 Å². The number of rotatable bonds is 6. The maximum absolute atomic E-state index is 12.1. The van der Waals surface area contributed by atoms with Gasteiger partial charge in [0.25, 0.3) is 0 Å². The maximum atomic E-state index is 12.1. The summed E-state index contributed by atoms with van der Waals surface area (Å²) in [6.07, 6.45) is 2.58. The van der Waals surface area contributed by atoms with Crippen molar-refractivity contribution < 1.29 is 4.79 Å². The molecule has 1 amide bonds. The zero-order chi connectivity index (χ0) is 14.7. The smallest absolute Gasteiger partial charge is 0.238 e. The predicted molar refractivity (Wildman–Crippen MR) is 83.9 cm³/mol. The van der Waals surface area contributed by atoms with Crippen LogP contribution in [0.25, 0.3) is 0 Å². The number of hydrogen-bond donors (Lipinski definition) is 2. The zero-order valence-corrected chi connectivity index (χ0v) is 12.8. The highest BCUT2D eigenvalue weighted by Gasteiger charge is 2.26. The van der Waals surface area contributed by atoms with Gasteiger partial charge in [-0.1, -0.05) is 11.6 Å². The molecule has 1 aliphatic rings. The highest BCUT2D eigenvalue weighted by molar-refractivity contribution is 6.33. The van der Waals surface area contributed by atoms with E-state index in [1.807, 2.05) is 0 Å². The van der Waals surface area contributed by atoms with E-state index in [9.17, 15) is 4.79 Å². The van der Waals surface area contributed by atoms with E-state index in [4.69, 9.17) is 17.3 Å². The number of nitrogens with one attached hydrogen (secondary N) is 1. The average Bonchev–Trinajstić information content (AvgIpc) is 3.17. The number of carbonyl (C=O) groups excluding carboxylic acids is 1. The summed E-state index contributed by atoms with van der Waals surface area (Å²) in [5.74, 6) is 0.762. The molecule has 1 aromatic rings. The molecule has 0 aliphatic heterocycles. The van der Waals surface area contributed by atoms with Gasteiger partial charge in [-0.25, -0.2) is 0 Å². The summed E-state index contributed by atoms with van der Waals surface area (Å²) < 4.78 is 0. The summed E-state index contributed by atoms with van der Waals surface area (Å²) in [6, 6.07) is 5.51. The quantitative estimate of drug-likeness (QED) is 0.793. The first-order valence-corrected chi connectivity index (χ1v) is 7.42. The van der Waals surface area contributed by atoms with Crippen LogP contribution in [0.2, 0.25) is 5.02 Å². The monoisotopic (exact) mass is 295 g/mol. The lowest BCUT2D eigenvalue weighted by atomic mass is 10.2. The molecule has 5 heteroatoms. The number of halogens is 1. The van der Waals surface area contributed by atoms with Crippen molar-refractivity contribution in [2.45, 2.75) is 32.7 Å². The Bertz CT molecular complexity index is 486. The van der Waals surface area contributed by atoms with E-state index < -0.39 is 0 Å². The molecule has 110 valence electrons. The Kier molecular flexibility index (Phi) is 4.89. The SMILES string of the molecule is CC(C)N(CC(=O)Nc1ccc(Cl)c(N)c1)CC1CC1. The maximum Gasteiger partial charge on any atom is 0.238 e. The second-order valence-corrected chi connectivity index (χ2v) is 6.16. The van der Waals surface area contributed by atoms with Crippen LogP contribution in [0.4, 0.5) is 11.4 Å². The summed E-state index contributed by atoms with van der Waals surface area (Å²) >= 11 is 5.86. The standard InChI is InChI=1S/C15H22ClN3O/c1-10(2)19(8-11-3-4-11)9-15(20)18-12-5-6-13(16)14(17)7-12/h5-7,10-11H,3-4,8-9,17H2,1-2H3,(H,18,20). The number of nitrogen functional groups attached to an aromatic ring is 1. The number of nitrogens with zero attached hydrogens (tertiary/aromatic N) is 1. The molecule has 0 spiro atoms. The number of carbonyl (C=O) groups is 1. The zero-order valence-electron chi connectivity index (χ0n) is 12.0. The minimum absolute atomic E-state index is 0.0129. The van der Waals surface area contributed by atoms with Crippen molar-refractivity contribution in [3.05, 3.63) is 23.2 Å². The van der Waals surface area contributed by atoms with E-state index >= 15 is 0 Å². The van der Waals surface area contributed by atoms with Crippen LogP contribution in [0.3, 0.4) is 0 Å². The molecule has 0 radical (unpaired) electrons. The van der Waals surface area contributed by atoms with Gasteiger partial charge in [-0.15, -0.1) is 0 Å². The van der Waals surface area contributed by atoms with Gasteiger partial charge in [0.2, 0.25) is 5.91 Å². The lowest BCUT2D eigenvalue weighted by Gasteiger charge is -2.25. The topological polar surface area (TPSA) is 58.4 Å². The summed E-state index contributed by atoms with van der Waals surface area (Å²) in [4.78, 5) is 14.3. The van der Waals surface area contributed by atoms with Gasteiger partial charge in [-0.05, 0) is 50.8 Å². The van der Waals surface area contributed by atoms with Gasteiger partial charge in [-0.2, -0.15) is 0 Å². The van der Waals surface area contributed by atoms with Crippen LogP contribution in [0.5, 0.6) is 0 Å². The van der Waals surface area contributed by atoms with E-state index in [1.165, 1.54) is 12.8 Å². The lowest BCUT2D eigenvalue weighted by Crippen LogP contribution is -2.39. The highest BCUT2D eigenvalue weighted by atomic mass is 35.5. The largest absolute Gasteiger partial charge is 0.397 e. The average molecular weight is 296 g/mol. The number of anilines is 2. The molecule has 1 aliphatic carbocycles. The minimum atomic E-state index is -0.0129. The van der Waals surface area contributed by atoms with Crippen molar-refractivity contribution in [3.8, 4) is 0 Å². The summed E-state index contributed by atoms with van der Waals surface area (Å²) in [5, 5.41) is 3.37. The van der Waals surface area contributed by atoms with Crippen LogP contribution in [-0.2, 0) is 4.79 Å². The van der Waals surface area contributed by atoms with Gasteiger partial charge < -0.3 is 11.1 Å². The molecule has 1 fully saturated rings. The molecule has 4 nitrogen and oxygen atoms in total. The van der Waals surface area contributed by atoms with Gasteiger partial charge in [0.15, 0.2) is 0 Å². The van der Waals surface area contributed by atoms with Crippen LogP contribution in [0.1, 0.15) is 26.7 Å². The fraction of sp³-hybridized carbons (Fsp3) is 0.533. The van der Waals surface area contributed by atoms with Crippen LogP contribution < -0.4 is 11.1 Å². The molecule has 2 rings (SSSR count). The molecule has 0 heterocycles. The predicted octanol–water partition coefficient (Wildman–Crippen LogP) is 2.98. The lowest BCUT2D eigenvalue weighted by molar-refractivity contribution is -0.117. The van der Waals surface area contributed by atoms with Crippen LogP contribution >= 0.6 is 11.6 Å². The first kappa shape index (κ1) is 15.1. The first-order chi connectivity index (χ1) is 9.45. The highest BCUT2D eigenvalue weighted by Crippen LogP contribution is 2.30. The summed E-state index contributed by atoms with van der Waals surface area (Å²) in [6.45, 7) is 5.66. The minimum Gasteiger partial charge on any atom is -0.397 e. The number of hydrogen-bond acceptors (Lipinski definition) is 3. The van der Waals surface area contributed by atoms with Crippen molar-refractivity contribution in [2.24, 2.45) is 5.92 Å². The van der Waals surface area contributed by atoms with E-state index in [0.717, 1.165) is 12.5 Å². The third kappa shape index (κ3) is 4.39. The van der Waals surface area contributed by atoms with Crippen molar-refractivity contribution >= 4 is 28.9 Å². The van der Waals surface area contributed by atoms with Crippen molar-refractivity contribution in [1.29, 1.82) is 0 Å². The van der Waals surface area contributed by atoms with Crippen LogP contribution in [0.15, 0.2) is 18.2 Å². The van der Waals surface area contributed by atoms with Gasteiger partial charge in [-0.3, -0.25) is 9.69 Å². The summed E-state index contributed by atoms with van der Waals surface area (Å²) in [7, 11) is 0. The van der Waals surface area contributed by atoms with E-state index in [2.05, 4.69) is 24.1 Å². The van der Waals surface area contributed by atoms with Gasteiger partial charge in [0.1, 0.15) is 0 Å². The molecule has 0 saturated heterocycles. The number of amides is 1. The fourth-order valence-electron chi connectivity index (χ4n) is 2.10. The van der Waals surface area contributed by atoms with Crippen molar-refractivity contribution in [1.82, 2.24) is 4.90 Å². The van der Waals surface area contributed by atoms with Crippen LogP contribution in [-0.4, -0.2) is 29.9 Å². The van der Waals surface area contributed by atoms with Crippen molar-refractivity contribution in [2.75, 3.05) is 24.1 Å². The Hall–Kier alpha value is -1.26. The van der Waals surface area contributed by atoms with Crippen molar-refractivity contribution in [3.63, 3.8) is 0 Å². The van der Waals surface area contributed by atoms with E-state index in [0.29, 0.717) is 29.0 Å². The molecule has 0 bridgehead atoms. The van der Waals surface area contributed by atoms with E-state index in [1.54, 1.807) is 18.2 Å². The molecule has 0 atom stereocenters. The Labute approximate surface area is 125 Å². The van der Waals surface area contributed by atoms with Gasteiger partial charge in [0, 0.05) is 18.3 Å². The molecule has 0 unspecified atom stereocenters. The molecule has 20 heavy (non-hydrogen) atoms. The number of benzene rings is 1. The van der Waals surface area contributed by atoms with Crippen LogP contribution in [0, 0.1) is 5.92 Å².